The van der Waals surface area contributed by atoms with Gasteiger partial charge in [-0.2, -0.15) is 10.3 Å². The van der Waals surface area contributed by atoms with E-state index in [1.807, 2.05) is 24.3 Å². The van der Waals surface area contributed by atoms with Crippen LogP contribution in [0.5, 0.6) is 0 Å². The standard InChI is InChI=1S/C24H24N4O2/c1-14-8-10-15(11-9-14)21-20-17(12-24(2,3)13-18(20)29)25-22(27-21)28-23-26-16-6-4-5-7-19(16)30-23/h4-11,21H,12-13H2,1-3H3,(H2,25,26,27,28)/p+1/t21-/m0/s1. The molecule has 5 rings (SSSR count). The smallest absolute Gasteiger partial charge is 0.365 e. The normalized spacial score (nSPS) is 20.6. The van der Waals surface area contributed by atoms with Crippen LogP contribution >= 0.6 is 0 Å². The molecule has 0 amide bonds. The van der Waals surface area contributed by atoms with Crippen molar-refractivity contribution in [3.63, 3.8) is 0 Å². The van der Waals surface area contributed by atoms with Gasteiger partial charge >= 0.3 is 12.0 Å². The summed E-state index contributed by atoms with van der Waals surface area (Å²) in [4.78, 5) is 21.0. The minimum atomic E-state index is -0.225. The van der Waals surface area contributed by atoms with Crippen LogP contribution in [-0.4, -0.2) is 16.7 Å². The summed E-state index contributed by atoms with van der Waals surface area (Å²) in [5, 5.41) is 6.63. The minimum Gasteiger partial charge on any atom is -0.412 e. The molecule has 152 valence electrons. The fraction of sp³-hybridized carbons (Fsp3) is 0.292. The first-order chi connectivity index (χ1) is 14.4. The Balaban J connectivity index is 1.54. The lowest BCUT2D eigenvalue weighted by Crippen LogP contribution is -2.82. The number of Topliss-reactive ketones (excluding diaryl/α,β-unsaturated/α-hetero) is 1. The molecule has 30 heavy (non-hydrogen) atoms. The van der Waals surface area contributed by atoms with E-state index in [0.717, 1.165) is 34.4 Å². The Labute approximate surface area is 175 Å². The number of nitrogens with one attached hydrogen (secondary N) is 3. The number of carbonyl (C=O) groups excluding carboxylic acids is 1. The van der Waals surface area contributed by atoms with Gasteiger partial charge in [-0.1, -0.05) is 55.8 Å². The maximum atomic E-state index is 13.1. The van der Waals surface area contributed by atoms with Gasteiger partial charge in [-0.3, -0.25) is 9.79 Å². The number of ketones is 1. The van der Waals surface area contributed by atoms with Gasteiger partial charge < -0.3 is 4.42 Å². The Bertz CT molecular complexity index is 1170. The maximum absolute atomic E-state index is 13.1. The minimum absolute atomic E-state index is 0.0825. The number of anilines is 1. The Morgan fingerprint density at radius 3 is 2.67 bits per heavy atom. The SMILES string of the molecule is Cc1ccc([C@@H]2[NH+]=C(Nc3nc4ccccc4o3)NC3=C2C(=O)CC(C)(C)C3)cc1. The fourth-order valence-corrected chi connectivity index (χ4v) is 4.29. The van der Waals surface area contributed by atoms with Crippen LogP contribution in [0.1, 0.15) is 43.9 Å². The van der Waals surface area contributed by atoms with Gasteiger partial charge in [-0.15, -0.1) is 0 Å². The van der Waals surface area contributed by atoms with Gasteiger partial charge in [0.05, 0.1) is 11.3 Å². The van der Waals surface area contributed by atoms with E-state index in [0.29, 0.717) is 18.4 Å². The van der Waals surface area contributed by atoms with Crippen LogP contribution < -0.4 is 15.6 Å². The molecule has 0 spiro atoms. The molecule has 2 aromatic carbocycles. The zero-order valence-electron chi connectivity index (χ0n) is 17.4. The number of hydrogen-bond acceptors (Lipinski definition) is 5. The first-order valence-electron chi connectivity index (χ1n) is 10.2. The van der Waals surface area contributed by atoms with Crippen molar-refractivity contribution in [3.8, 4) is 0 Å². The Hall–Kier alpha value is -3.41. The van der Waals surface area contributed by atoms with E-state index >= 15 is 0 Å². The first kappa shape index (κ1) is 18.6. The third-order valence-corrected chi connectivity index (χ3v) is 5.71. The van der Waals surface area contributed by atoms with Crippen LogP contribution in [-0.2, 0) is 4.79 Å². The lowest BCUT2D eigenvalue weighted by Gasteiger charge is -2.34. The van der Waals surface area contributed by atoms with Gasteiger partial charge in [0.15, 0.2) is 11.4 Å². The Kier molecular flexibility index (Phi) is 4.24. The fourth-order valence-electron chi connectivity index (χ4n) is 4.29. The highest BCUT2D eigenvalue weighted by Crippen LogP contribution is 2.39. The van der Waals surface area contributed by atoms with E-state index in [1.165, 1.54) is 5.56 Å². The van der Waals surface area contributed by atoms with Crippen molar-refractivity contribution in [2.45, 2.75) is 39.7 Å². The average molecular weight is 401 g/mol. The molecule has 0 saturated carbocycles. The van der Waals surface area contributed by atoms with E-state index in [-0.39, 0.29) is 17.2 Å². The number of oxazole rings is 1. The number of rotatable bonds is 2. The molecule has 3 aromatic rings. The second-order valence-electron chi connectivity index (χ2n) is 8.93. The molecule has 1 aromatic heterocycles. The molecule has 0 unspecified atom stereocenters. The number of hydrogen-bond donors (Lipinski definition) is 3. The summed E-state index contributed by atoms with van der Waals surface area (Å²) in [6.45, 7) is 6.32. The number of allylic oxidation sites excluding steroid dienone is 1. The molecule has 0 fully saturated rings. The third kappa shape index (κ3) is 3.38. The molecule has 0 radical (unpaired) electrons. The summed E-state index contributed by atoms with van der Waals surface area (Å²) in [7, 11) is 0. The van der Waals surface area contributed by atoms with Crippen molar-refractivity contribution in [2.24, 2.45) is 5.41 Å². The van der Waals surface area contributed by atoms with E-state index in [2.05, 4.69) is 65.6 Å². The molecule has 1 atom stereocenters. The molecule has 1 aliphatic heterocycles. The van der Waals surface area contributed by atoms with Crippen LogP contribution in [0.15, 0.2) is 64.2 Å². The van der Waals surface area contributed by atoms with Crippen LogP contribution in [0.25, 0.3) is 11.1 Å². The van der Waals surface area contributed by atoms with E-state index in [4.69, 9.17) is 4.42 Å². The van der Waals surface area contributed by atoms with Crippen LogP contribution in [0, 0.1) is 12.3 Å². The molecule has 1 aliphatic carbocycles. The van der Waals surface area contributed by atoms with Crippen molar-refractivity contribution >= 4 is 28.9 Å². The molecule has 0 bridgehead atoms. The van der Waals surface area contributed by atoms with Gasteiger partial charge in [0.2, 0.25) is 0 Å². The van der Waals surface area contributed by atoms with Gasteiger partial charge in [0.25, 0.3) is 0 Å². The molecule has 0 saturated heterocycles. The zero-order valence-corrected chi connectivity index (χ0v) is 17.4. The van der Waals surface area contributed by atoms with E-state index in [9.17, 15) is 4.79 Å². The van der Waals surface area contributed by atoms with Crippen molar-refractivity contribution in [3.05, 3.63) is 70.9 Å². The predicted octanol–water partition coefficient (Wildman–Crippen LogP) is 2.97. The van der Waals surface area contributed by atoms with Gasteiger partial charge in [0, 0.05) is 12.8 Å². The lowest BCUT2D eigenvalue weighted by atomic mass is 9.73. The van der Waals surface area contributed by atoms with Gasteiger partial charge in [0.1, 0.15) is 11.6 Å². The van der Waals surface area contributed by atoms with Crippen molar-refractivity contribution in [2.75, 3.05) is 5.32 Å². The van der Waals surface area contributed by atoms with Crippen molar-refractivity contribution in [1.82, 2.24) is 10.3 Å². The summed E-state index contributed by atoms with van der Waals surface area (Å²) in [6, 6.07) is 16.1. The van der Waals surface area contributed by atoms with Crippen LogP contribution in [0.3, 0.4) is 0 Å². The molecule has 2 heterocycles. The number of aromatic nitrogens is 1. The molecular formula is C24H25N4O2+. The number of para-hydroxylation sites is 2. The van der Waals surface area contributed by atoms with E-state index < -0.39 is 0 Å². The number of fused-ring (bicyclic) bond motifs is 1. The summed E-state index contributed by atoms with van der Waals surface area (Å²) in [5.41, 5.74) is 5.45. The molecule has 2 aliphatic rings. The van der Waals surface area contributed by atoms with Crippen LogP contribution in [0.2, 0.25) is 0 Å². The second kappa shape index (κ2) is 6.83. The summed E-state index contributed by atoms with van der Waals surface area (Å²) < 4.78 is 5.82. The Morgan fingerprint density at radius 1 is 1.13 bits per heavy atom. The second-order valence-corrected chi connectivity index (χ2v) is 8.93. The summed E-state index contributed by atoms with van der Waals surface area (Å²) in [6.07, 6.45) is 1.35. The number of aryl methyl sites for hydroxylation is 1. The van der Waals surface area contributed by atoms with Crippen LogP contribution in [0.4, 0.5) is 6.01 Å². The zero-order chi connectivity index (χ0) is 20.9. The quantitative estimate of drug-likeness (QED) is 0.615. The number of guanidine groups is 1. The average Bonchev–Trinajstić information content (AvgIpc) is 3.09. The first-order valence-corrected chi connectivity index (χ1v) is 10.2. The monoisotopic (exact) mass is 401 g/mol. The molecule has 6 nitrogen and oxygen atoms in total. The highest BCUT2D eigenvalue weighted by atomic mass is 16.4. The highest BCUT2D eigenvalue weighted by molar-refractivity contribution is 6.01. The maximum Gasteiger partial charge on any atom is 0.365 e. The third-order valence-electron chi connectivity index (χ3n) is 5.71. The van der Waals surface area contributed by atoms with E-state index in [1.54, 1.807) is 0 Å². The summed E-state index contributed by atoms with van der Waals surface area (Å²) in [5.74, 6) is 0.851. The molecule has 3 N–H and O–H groups in total. The highest BCUT2D eigenvalue weighted by Gasteiger charge is 2.42. The predicted molar refractivity (Wildman–Crippen MR) is 116 cm³/mol. The molecule has 6 heteroatoms. The van der Waals surface area contributed by atoms with Crippen molar-refractivity contribution in [1.29, 1.82) is 0 Å². The lowest BCUT2D eigenvalue weighted by molar-refractivity contribution is -0.502. The molecular weight excluding hydrogens is 376 g/mol. The number of benzene rings is 2. The number of carbonyl (C=O) groups is 1. The largest absolute Gasteiger partial charge is 0.412 e. The topological polar surface area (TPSA) is 81.1 Å². The summed E-state index contributed by atoms with van der Waals surface area (Å²) >= 11 is 0. The number of nitrogens with zero attached hydrogens (tertiary/aromatic N) is 1. The van der Waals surface area contributed by atoms with Gasteiger partial charge in [-0.25, -0.2) is 5.32 Å². The van der Waals surface area contributed by atoms with Crippen molar-refractivity contribution < 1.29 is 14.2 Å². The van der Waals surface area contributed by atoms with Gasteiger partial charge in [-0.05, 0) is 30.0 Å². The Morgan fingerprint density at radius 2 is 1.90 bits per heavy atom.